The number of aromatic amines is 1. The van der Waals surface area contributed by atoms with Gasteiger partial charge in [-0.1, -0.05) is 18.2 Å². The van der Waals surface area contributed by atoms with Gasteiger partial charge < -0.3 is 19.9 Å². The number of aromatic nitrogens is 2. The van der Waals surface area contributed by atoms with E-state index in [1.54, 1.807) is 10.6 Å². The van der Waals surface area contributed by atoms with Crippen molar-refractivity contribution >= 4 is 23.1 Å². The Kier molecular flexibility index (Phi) is 4.16. The van der Waals surface area contributed by atoms with Gasteiger partial charge in [-0.2, -0.15) is 0 Å². The Morgan fingerprint density at radius 3 is 2.81 bits per heavy atom. The summed E-state index contributed by atoms with van der Waals surface area (Å²) in [4.78, 5) is 19.5. The van der Waals surface area contributed by atoms with Gasteiger partial charge in [-0.3, -0.25) is 14.3 Å². The molecular weight excluding hydrogens is 474 g/mol. The van der Waals surface area contributed by atoms with Gasteiger partial charge in [-0.25, -0.2) is 0 Å². The fourth-order valence-corrected chi connectivity index (χ4v) is 8.53. The van der Waals surface area contributed by atoms with Crippen LogP contribution >= 0.6 is 12.2 Å². The van der Waals surface area contributed by atoms with Crippen LogP contribution in [0.5, 0.6) is 11.5 Å². The number of nitrogens with zero attached hydrogens (tertiary/aromatic N) is 2. The number of rotatable bonds is 3. The van der Waals surface area contributed by atoms with Crippen LogP contribution in [-0.4, -0.2) is 55.5 Å². The van der Waals surface area contributed by atoms with Crippen LogP contribution in [0.25, 0.3) is 10.9 Å². The van der Waals surface area contributed by atoms with Crippen LogP contribution in [0, 0.1) is 10.7 Å². The largest absolute Gasteiger partial charge is 0.504 e. The number of fused-ring (bicyclic) bond motifs is 1. The first-order valence-corrected chi connectivity index (χ1v) is 13.6. The van der Waals surface area contributed by atoms with E-state index >= 15 is 0 Å². The van der Waals surface area contributed by atoms with Crippen molar-refractivity contribution in [2.24, 2.45) is 5.92 Å². The van der Waals surface area contributed by atoms with Crippen LogP contribution in [0.4, 0.5) is 0 Å². The average Bonchev–Trinajstić information content (AvgIpc) is 3.60. The number of H-pyrrole nitrogens is 1. The predicted octanol–water partition coefficient (Wildman–Crippen LogP) is 3.57. The number of likely N-dealkylation sites (tertiary alicyclic amines) is 1. The summed E-state index contributed by atoms with van der Waals surface area (Å²) in [5.41, 5.74) is 1.02. The fourth-order valence-electron chi connectivity index (χ4n) is 8.20. The lowest BCUT2D eigenvalue weighted by Gasteiger charge is -2.64. The summed E-state index contributed by atoms with van der Waals surface area (Å²) >= 11 is 5.73. The summed E-state index contributed by atoms with van der Waals surface area (Å²) in [5, 5.41) is 24.1. The van der Waals surface area contributed by atoms with E-state index in [1.165, 1.54) is 12.8 Å². The molecule has 8 heteroatoms. The van der Waals surface area contributed by atoms with E-state index in [-0.39, 0.29) is 23.4 Å². The van der Waals surface area contributed by atoms with E-state index in [0.29, 0.717) is 28.7 Å². The Morgan fingerprint density at radius 1 is 1.14 bits per heavy atom. The summed E-state index contributed by atoms with van der Waals surface area (Å²) in [6, 6.07) is 10.8. The standard InChI is InChI=1S/C28H29N3O4S/c32-20-8-7-16-13-21-28(34)10-9-19(31-25(33)17-3-1-2-4-18(17)29-26(31)36)24-27(28,22(16)23(20)35-24)11-12-30(21)14-15-5-6-15/h1-4,7-8,15,19,21,24,32,34H,5-6,9-14H2,(H,29,36)/t19-,21-,24+,27+,28-/m1/s1. The first-order valence-electron chi connectivity index (χ1n) is 13.1. The molecule has 3 N–H and O–H groups in total. The molecule has 0 radical (unpaired) electrons. The van der Waals surface area contributed by atoms with Crippen molar-refractivity contribution in [3.63, 3.8) is 0 Å². The average molecular weight is 504 g/mol. The smallest absolute Gasteiger partial charge is 0.262 e. The van der Waals surface area contributed by atoms with Crippen molar-refractivity contribution in [3.8, 4) is 11.5 Å². The molecule has 2 aromatic carbocycles. The van der Waals surface area contributed by atoms with Crippen LogP contribution < -0.4 is 10.3 Å². The number of phenols is 1. The molecule has 8 rings (SSSR count). The van der Waals surface area contributed by atoms with Gasteiger partial charge in [-0.15, -0.1) is 0 Å². The molecule has 1 aromatic heterocycles. The molecular formula is C28H29N3O4S. The Balaban J connectivity index is 1.34. The van der Waals surface area contributed by atoms with Gasteiger partial charge in [0.15, 0.2) is 16.3 Å². The van der Waals surface area contributed by atoms with Crippen molar-refractivity contribution in [1.82, 2.24) is 14.5 Å². The molecule has 3 heterocycles. The second-order valence-electron chi connectivity index (χ2n) is 11.5. The van der Waals surface area contributed by atoms with Crippen molar-refractivity contribution in [2.45, 2.75) is 67.7 Å². The third kappa shape index (κ3) is 2.50. The summed E-state index contributed by atoms with van der Waals surface area (Å²) in [5.74, 6) is 1.33. The van der Waals surface area contributed by atoms with Gasteiger partial charge in [0.25, 0.3) is 5.56 Å². The maximum Gasteiger partial charge on any atom is 0.262 e. The monoisotopic (exact) mass is 503 g/mol. The minimum Gasteiger partial charge on any atom is -0.504 e. The van der Waals surface area contributed by atoms with E-state index in [2.05, 4.69) is 9.88 Å². The van der Waals surface area contributed by atoms with E-state index in [1.807, 2.05) is 30.3 Å². The van der Waals surface area contributed by atoms with Crippen LogP contribution in [0.1, 0.15) is 49.3 Å². The Bertz CT molecular complexity index is 1560. The second-order valence-corrected chi connectivity index (χ2v) is 11.9. The highest BCUT2D eigenvalue weighted by Gasteiger charge is 2.73. The molecule has 3 aliphatic carbocycles. The Hall–Kier alpha value is -2.68. The molecule has 3 fully saturated rings. The molecule has 7 nitrogen and oxygen atoms in total. The molecule has 0 amide bonds. The maximum absolute atomic E-state index is 13.8. The maximum atomic E-state index is 13.8. The quantitative estimate of drug-likeness (QED) is 0.474. The molecule has 0 unspecified atom stereocenters. The van der Waals surface area contributed by atoms with E-state index in [9.17, 15) is 15.0 Å². The summed E-state index contributed by atoms with van der Waals surface area (Å²) in [6.45, 7) is 1.91. The number of para-hydroxylation sites is 1. The molecule has 3 aromatic rings. The summed E-state index contributed by atoms with van der Waals surface area (Å²) in [6.07, 6.45) is 4.69. The molecule has 2 bridgehead atoms. The van der Waals surface area contributed by atoms with E-state index in [0.717, 1.165) is 48.5 Å². The highest BCUT2D eigenvalue weighted by atomic mass is 32.1. The third-order valence-electron chi connectivity index (χ3n) is 9.90. The molecule has 186 valence electrons. The second kappa shape index (κ2) is 7.00. The molecule has 5 aliphatic rings. The Morgan fingerprint density at radius 2 is 1.97 bits per heavy atom. The third-order valence-corrected chi connectivity index (χ3v) is 10.2. The molecule has 5 atom stereocenters. The zero-order valence-corrected chi connectivity index (χ0v) is 20.8. The molecule has 1 saturated heterocycles. The molecule has 1 spiro atoms. The number of aromatic hydroxyl groups is 1. The van der Waals surface area contributed by atoms with Crippen molar-refractivity contribution in [2.75, 3.05) is 13.1 Å². The zero-order valence-electron chi connectivity index (χ0n) is 19.9. The van der Waals surface area contributed by atoms with Crippen molar-refractivity contribution in [3.05, 3.63) is 62.6 Å². The van der Waals surface area contributed by atoms with E-state index < -0.39 is 17.1 Å². The number of aliphatic hydroxyl groups is 1. The lowest BCUT2D eigenvalue weighted by Crippen LogP contribution is -2.76. The van der Waals surface area contributed by atoms with Gasteiger partial charge >= 0.3 is 0 Å². The highest BCUT2D eigenvalue weighted by Crippen LogP contribution is 2.67. The normalized spacial score (nSPS) is 34.4. The minimum absolute atomic E-state index is 0.00440. The highest BCUT2D eigenvalue weighted by molar-refractivity contribution is 7.71. The van der Waals surface area contributed by atoms with E-state index in [4.69, 9.17) is 17.0 Å². The number of piperidine rings is 1. The predicted molar refractivity (Wildman–Crippen MR) is 137 cm³/mol. The van der Waals surface area contributed by atoms with Gasteiger partial charge in [0.1, 0.15) is 6.10 Å². The first kappa shape index (κ1) is 21.4. The SMILES string of the molecule is O=c1c2ccccc2[nH]c(=S)n1[C@@H]1CC[C@@]2(O)[C@H]3Cc4ccc(O)c5c4[C@@]2(CCN3CC2CC2)[C@H]1O5. The van der Waals surface area contributed by atoms with Gasteiger partial charge in [0.05, 0.1) is 28.0 Å². The van der Waals surface area contributed by atoms with Gasteiger partial charge in [0.2, 0.25) is 0 Å². The first-order chi connectivity index (χ1) is 17.4. The summed E-state index contributed by atoms with van der Waals surface area (Å²) < 4.78 is 8.69. The van der Waals surface area contributed by atoms with Crippen LogP contribution in [0.2, 0.25) is 0 Å². The van der Waals surface area contributed by atoms with Crippen molar-refractivity contribution < 1.29 is 14.9 Å². The van der Waals surface area contributed by atoms with Crippen LogP contribution in [-0.2, 0) is 11.8 Å². The number of nitrogens with one attached hydrogen (secondary N) is 1. The van der Waals surface area contributed by atoms with Crippen molar-refractivity contribution in [1.29, 1.82) is 0 Å². The topological polar surface area (TPSA) is 90.7 Å². The lowest BCUT2D eigenvalue weighted by molar-refractivity contribution is -0.196. The van der Waals surface area contributed by atoms with Gasteiger partial charge in [-0.05, 0) is 87.0 Å². The minimum atomic E-state index is -0.987. The number of hydrogen-bond donors (Lipinski definition) is 3. The number of phenolic OH excluding ortho intramolecular Hbond substituents is 1. The van der Waals surface area contributed by atoms with Crippen LogP contribution in [0.15, 0.2) is 41.2 Å². The summed E-state index contributed by atoms with van der Waals surface area (Å²) in [7, 11) is 0. The zero-order chi connectivity index (χ0) is 24.4. The lowest BCUT2D eigenvalue weighted by atomic mass is 9.48. The van der Waals surface area contributed by atoms with Gasteiger partial charge in [0, 0.05) is 18.2 Å². The molecule has 36 heavy (non-hydrogen) atoms. The number of hydrogen-bond acceptors (Lipinski definition) is 6. The molecule has 2 saturated carbocycles. The number of ether oxygens (including phenoxy) is 1. The van der Waals surface area contributed by atoms with Crippen LogP contribution in [0.3, 0.4) is 0 Å². The Labute approximate surface area is 213 Å². The fraction of sp³-hybridized carbons (Fsp3) is 0.500. The molecule has 2 aliphatic heterocycles. The number of benzene rings is 2.